The first-order valence-corrected chi connectivity index (χ1v) is 5.87. The smallest absolute Gasteiger partial charge is 0.133 e. The standard InChI is InChI=1S/C13H19NO2/c1-2-3-7-15-10-13-11(6-8-16-13)9-14-12-4-5-12/h2-3,6,8,12,14H,4-5,7,9-10H2,1H3. The number of furan rings is 1. The maximum absolute atomic E-state index is 5.47. The molecule has 0 spiro atoms. The van der Waals surface area contributed by atoms with Gasteiger partial charge in [0.05, 0.1) is 12.9 Å². The van der Waals surface area contributed by atoms with Crippen LogP contribution in [0.15, 0.2) is 28.9 Å². The van der Waals surface area contributed by atoms with E-state index in [2.05, 4.69) is 5.32 Å². The molecule has 3 nitrogen and oxygen atoms in total. The van der Waals surface area contributed by atoms with Gasteiger partial charge in [-0.25, -0.2) is 0 Å². The molecule has 3 heteroatoms. The van der Waals surface area contributed by atoms with E-state index in [0.717, 1.165) is 18.3 Å². The minimum Gasteiger partial charge on any atom is -0.467 e. The number of hydrogen-bond donors (Lipinski definition) is 1. The Balaban J connectivity index is 1.75. The van der Waals surface area contributed by atoms with Gasteiger partial charge in [0.2, 0.25) is 0 Å². The summed E-state index contributed by atoms with van der Waals surface area (Å²) in [7, 11) is 0. The Morgan fingerprint density at radius 3 is 3.19 bits per heavy atom. The summed E-state index contributed by atoms with van der Waals surface area (Å²) in [5.41, 5.74) is 1.22. The van der Waals surface area contributed by atoms with E-state index in [-0.39, 0.29) is 0 Å². The number of nitrogens with one attached hydrogen (secondary N) is 1. The second kappa shape index (κ2) is 5.87. The predicted octanol–water partition coefficient (Wildman–Crippen LogP) is 2.62. The molecule has 1 aromatic rings. The third-order valence-corrected chi connectivity index (χ3v) is 2.68. The molecule has 0 aliphatic heterocycles. The largest absolute Gasteiger partial charge is 0.467 e. The highest BCUT2D eigenvalue weighted by Gasteiger charge is 2.20. The lowest BCUT2D eigenvalue weighted by molar-refractivity contribution is 0.130. The predicted molar refractivity (Wildman–Crippen MR) is 63.0 cm³/mol. The van der Waals surface area contributed by atoms with Gasteiger partial charge < -0.3 is 14.5 Å². The first-order valence-electron chi connectivity index (χ1n) is 5.87. The topological polar surface area (TPSA) is 34.4 Å². The van der Waals surface area contributed by atoms with Crippen LogP contribution in [-0.4, -0.2) is 12.6 Å². The molecule has 0 atom stereocenters. The molecular formula is C13H19NO2. The molecule has 1 heterocycles. The molecule has 0 bridgehead atoms. The van der Waals surface area contributed by atoms with Crippen molar-refractivity contribution in [2.24, 2.45) is 0 Å². The SMILES string of the molecule is CC=CCOCc1occc1CNC1CC1. The minimum absolute atomic E-state index is 0.555. The van der Waals surface area contributed by atoms with Crippen molar-refractivity contribution in [1.82, 2.24) is 5.32 Å². The van der Waals surface area contributed by atoms with Gasteiger partial charge in [0, 0.05) is 18.2 Å². The quantitative estimate of drug-likeness (QED) is 0.567. The molecule has 0 amide bonds. The highest BCUT2D eigenvalue weighted by molar-refractivity contribution is 5.16. The first-order chi connectivity index (χ1) is 7.90. The summed E-state index contributed by atoms with van der Waals surface area (Å²) in [5, 5.41) is 3.47. The van der Waals surface area contributed by atoms with Crippen LogP contribution in [0.4, 0.5) is 0 Å². The molecule has 0 unspecified atom stereocenters. The summed E-state index contributed by atoms with van der Waals surface area (Å²) >= 11 is 0. The van der Waals surface area contributed by atoms with E-state index in [9.17, 15) is 0 Å². The molecule has 0 aromatic carbocycles. The summed E-state index contributed by atoms with van der Waals surface area (Å²) in [6, 6.07) is 2.75. The monoisotopic (exact) mass is 221 g/mol. The first kappa shape index (κ1) is 11.4. The third kappa shape index (κ3) is 3.51. The van der Waals surface area contributed by atoms with Gasteiger partial charge in [-0.3, -0.25) is 0 Å². The maximum Gasteiger partial charge on any atom is 0.133 e. The Hall–Kier alpha value is -1.06. The summed E-state index contributed by atoms with van der Waals surface area (Å²) in [6.07, 6.45) is 8.33. The zero-order chi connectivity index (χ0) is 11.2. The molecule has 0 saturated heterocycles. The van der Waals surface area contributed by atoms with Crippen LogP contribution in [0, 0.1) is 0 Å². The van der Waals surface area contributed by atoms with Crippen molar-refractivity contribution < 1.29 is 9.15 Å². The zero-order valence-corrected chi connectivity index (χ0v) is 9.74. The fraction of sp³-hybridized carbons (Fsp3) is 0.538. The third-order valence-electron chi connectivity index (χ3n) is 2.68. The highest BCUT2D eigenvalue weighted by Crippen LogP contribution is 2.20. The second-order valence-corrected chi connectivity index (χ2v) is 4.11. The second-order valence-electron chi connectivity index (χ2n) is 4.11. The molecule has 2 rings (SSSR count). The molecule has 1 fully saturated rings. The molecule has 0 radical (unpaired) electrons. The van der Waals surface area contributed by atoms with Crippen LogP contribution in [0.3, 0.4) is 0 Å². The Bertz CT molecular complexity index is 339. The summed E-state index contributed by atoms with van der Waals surface area (Å²) in [6.45, 7) is 4.08. The molecule has 1 aromatic heterocycles. The van der Waals surface area contributed by atoms with E-state index < -0.39 is 0 Å². The van der Waals surface area contributed by atoms with Crippen LogP contribution in [0.2, 0.25) is 0 Å². The van der Waals surface area contributed by atoms with Crippen LogP contribution < -0.4 is 5.32 Å². The Kier molecular flexibility index (Phi) is 4.19. The minimum atomic E-state index is 0.555. The van der Waals surface area contributed by atoms with Crippen molar-refractivity contribution in [2.75, 3.05) is 6.61 Å². The van der Waals surface area contributed by atoms with Crippen LogP contribution in [0.5, 0.6) is 0 Å². The fourth-order valence-corrected chi connectivity index (χ4v) is 1.51. The zero-order valence-electron chi connectivity index (χ0n) is 9.74. The normalized spacial score (nSPS) is 16.1. The van der Waals surface area contributed by atoms with Crippen LogP contribution in [-0.2, 0) is 17.9 Å². The number of allylic oxidation sites excluding steroid dienone is 1. The number of hydrogen-bond acceptors (Lipinski definition) is 3. The van der Waals surface area contributed by atoms with E-state index >= 15 is 0 Å². The van der Waals surface area contributed by atoms with Crippen LogP contribution in [0.25, 0.3) is 0 Å². The Morgan fingerprint density at radius 2 is 2.44 bits per heavy atom. The molecule has 16 heavy (non-hydrogen) atoms. The average Bonchev–Trinajstić information content (AvgIpc) is 3.02. The molecular weight excluding hydrogens is 202 g/mol. The lowest BCUT2D eigenvalue weighted by atomic mass is 10.2. The van der Waals surface area contributed by atoms with E-state index in [4.69, 9.17) is 9.15 Å². The van der Waals surface area contributed by atoms with E-state index in [0.29, 0.717) is 13.2 Å². The van der Waals surface area contributed by atoms with Gasteiger partial charge in [-0.15, -0.1) is 0 Å². The molecule has 1 aliphatic rings. The van der Waals surface area contributed by atoms with Crippen molar-refractivity contribution in [3.63, 3.8) is 0 Å². The van der Waals surface area contributed by atoms with Crippen LogP contribution >= 0.6 is 0 Å². The fourth-order valence-electron chi connectivity index (χ4n) is 1.51. The van der Waals surface area contributed by atoms with E-state index in [1.165, 1.54) is 18.4 Å². The Morgan fingerprint density at radius 1 is 1.56 bits per heavy atom. The van der Waals surface area contributed by atoms with Gasteiger partial charge in [-0.05, 0) is 25.8 Å². The lowest BCUT2D eigenvalue weighted by Crippen LogP contribution is -2.15. The van der Waals surface area contributed by atoms with Crippen molar-refractivity contribution in [3.8, 4) is 0 Å². The van der Waals surface area contributed by atoms with Gasteiger partial charge in [-0.1, -0.05) is 12.2 Å². The van der Waals surface area contributed by atoms with Crippen molar-refractivity contribution >= 4 is 0 Å². The lowest BCUT2D eigenvalue weighted by Gasteiger charge is -2.04. The summed E-state index contributed by atoms with van der Waals surface area (Å²) < 4.78 is 10.9. The summed E-state index contributed by atoms with van der Waals surface area (Å²) in [5.74, 6) is 0.942. The highest BCUT2D eigenvalue weighted by atomic mass is 16.5. The van der Waals surface area contributed by atoms with Crippen LogP contribution in [0.1, 0.15) is 31.1 Å². The molecule has 88 valence electrons. The maximum atomic E-state index is 5.47. The molecule has 1 N–H and O–H groups in total. The van der Waals surface area contributed by atoms with Crippen molar-refractivity contribution in [2.45, 2.75) is 39.0 Å². The number of rotatable bonds is 7. The summed E-state index contributed by atoms with van der Waals surface area (Å²) in [4.78, 5) is 0. The molecule has 1 aliphatic carbocycles. The van der Waals surface area contributed by atoms with Gasteiger partial charge in [0.1, 0.15) is 12.4 Å². The van der Waals surface area contributed by atoms with Gasteiger partial charge in [0.25, 0.3) is 0 Å². The average molecular weight is 221 g/mol. The van der Waals surface area contributed by atoms with Crippen molar-refractivity contribution in [3.05, 3.63) is 35.8 Å². The van der Waals surface area contributed by atoms with Gasteiger partial charge >= 0.3 is 0 Å². The van der Waals surface area contributed by atoms with Gasteiger partial charge in [-0.2, -0.15) is 0 Å². The van der Waals surface area contributed by atoms with E-state index in [1.807, 2.05) is 25.1 Å². The Labute approximate surface area is 96.5 Å². The van der Waals surface area contributed by atoms with Gasteiger partial charge in [0.15, 0.2) is 0 Å². The van der Waals surface area contributed by atoms with E-state index in [1.54, 1.807) is 6.26 Å². The molecule has 1 saturated carbocycles. The van der Waals surface area contributed by atoms with Crippen molar-refractivity contribution in [1.29, 1.82) is 0 Å². The number of ether oxygens (including phenoxy) is 1.